The number of benzene rings is 2. The second kappa shape index (κ2) is 10.3. The van der Waals surface area contributed by atoms with E-state index < -0.39 is 0 Å². The lowest BCUT2D eigenvalue weighted by Crippen LogP contribution is -3.00. The minimum atomic E-state index is -0.265. The van der Waals surface area contributed by atoms with E-state index in [1.165, 1.54) is 12.1 Å². The van der Waals surface area contributed by atoms with Gasteiger partial charge in [0.1, 0.15) is 18.2 Å². The van der Waals surface area contributed by atoms with Crippen LogP contribution in [0.25, 0.3) is 0 Å². The fourth-order valence-electron chi connectivity index (χ4n) is 2.49. The summed E-state index contributed by atoms with van der Waals surface area (Å²) in [6, 6.07) is 13.9. The second-order valence-electron chi connectivity index (χ2n) is 5.71. The van der Waals surface area contributed by atoms with Crippen LogP contribution in [-0.4, -0.2) is 7.11 Å². The molecule has 0 aliphatic heterocycles. The van der Waals surface area contributed by atoms with E-state index in [9.17, 15) is 4.39 Å². The minimum absolute atomic E-state index is 0. The quantitative estimate of drug-likeness (QED) is 0.565. The number of hydrogen-bond acceptors (Lipinski definition) is 4. The highest BCUT2D eigenvalue weighted by Gasteiger charge is 2.12. The summed E-state index contributed by atoms with van der Waals surface area (Å²) in [6.07, 6.45) is 1.66. The molecule has 0 saturated carbocycles. The third-order valence-electron chi connectivity index (χ3n) is 3.79. The van der Waals surface area contributed by atoms with Gasteiger partial charge >= 0.3 is 0 Å². The number of ether oxygens (including phenoxy) is 2. The predicted molar refractivity (Wildman–Crippen MR) is 101 cm³/mol. The number of methoxy groups -OCH3 is 1. The first-order valence-electron chi connectivity index (χ1n) is 8.12. The predicted octanol–water partition coefficient (Wildman–Crippen LogP) is 2.06. The Labute approximate surface area is 172 Å². The van der Waals surface area contributed by atoms with Crippen molar-refractivity contribution in [2.75, 3.05) is 7.11 Å². The van der Waals surface area contributed by atoms with Gasteiger partial charge in [0, 0.05) is 6.54 Å². The van der Waals surface area contributed by atoms with Gasteiger partial charge in [-0.3, -0.25) is 0 Å². The molecule has 0 amide bonds. The molecule has 1 N–H and O–H groups in total. The summed E-state index contributed by atoms with van der Waals surface area (Å²) >= 11 is 3.54. The highest BCUT2D eigenvalue weighted by atomic mass is 79.9. The van der Waals surface area contributed by atoms with Gasteiger partial charge in [-0.2, -0.15) is 0 Å². The molecule has 3 aromatic rings. The van der Waals surface area contributed by atoms with Crippen molar-refractivity contribution in [3.05, 3.63) is 82.0 Å². The lowest BCUT2D eigenvalue weighted by molar-refractivity contribution is -0.00000685. The van der Waals surface area contributed by atoms with Crippen LogP contribution in [0, 0.1) is 5.82 Å². The molecule has 0 bridgehead atoms. The molecule has 0 fully saturated rings. The molecular formula is C20H19BrClFNO3-. The van der Waals surface area contributed by atoms with E-state index in [1.807, 2.05) is 24.3 Å². The lowest BCUT2D eigenvalue weighted by atomic mass is 10.2. The summed E-state index contributed by atoms with van der Waals surface area (Å²) in [7, 11) is 1.60. The highest BCUT2D eigenvalue weighted by molar-refractivity contribution is 9.10. The molecule has 3 rings (SSSR count). The topological polar surface area (TPSA) is 43.6 Å². The average molecular weight is 456 g/mol. The van der Waals surface area contributed by atoms with Gasteiger partial charge in [0.05, 0.1) is 24.4 Å². The third-order valence-corrected chi connectivity index (χ3v) is 4.38. The number of furan rings is 1. The van der Waals surface area contributed by atoms with Crippen LogP contribution in [0.2, 0.25) is 0 Å². The summed E-state index contributed by atoms with van der Waals surface area (Å²) in [5.41, 5.74) is 1.93. The van der Waals surface area contributed by atoms with E-state index in [0.717, 1.165) is 21.4 Å². The maximum atomic E-state index is 13.0. The third kappa shape index (κ3) is 5.99. The molecule has 27 heavy (non-hydrogen) atoms. The Morgan fingerprint density at radius 1 is 1.07 bits per heavy atom. The molecule has 0 spiro atoms. The molecule has 0 aliphatic rings. The molecule has 0 atom stereocenters. The van der Waals surface area contributed by atoms with Gasteiger partial charge in [0.2, 0.25) is 0 Å². The first-order chi connectivity index (χ1) is 12.7. The molecule has 0 unspecified atom stereocenters. The number of hydrogen-bond donors (Lipinski definition) is 1. The molecule has 2 aromatic carbocycles. The summed E-state index contributed by atoms with van der Waals surface area (Å²) < 4.78 is 30.4. The van der Waals surface area contributed by atoms with Gasteiger partial charge < -0.3 is 31.6 Å². The Bertz CT molecular complexity index is 841. The van der Waals surface area contributed by atoms with Crippen LogP contribution in [0.15, 0.2) is 63.7 Å². The molecular weight excluding hydrogens is 437 g/mol. The van der Waals surface area contributed by atoms with Crippen LogP contribution >= 0.6 is 15.9 Å². The monoisotopic (exact) mass is 454 g/mol. The van der Waals surface area contributed by atoms with E-state index in [0.29, 0.717) is 31.2 Å². The molecule has 144 valence electrons. The lowest BCUT2D eigenvalue weighted by Gasteiger charge is -2.15. The van der Waals surface area contributed by atoms with Gasteiger partial charge in [0.25, 0.3) is 0 Å². The summed E-state index contributed by atoms with van der Waals surface area (Å²) in [5.74, 6) is 1.87. The van der Waals surface area contributed by atoms with Gasteiger partial charge in [-0.25, -0.2) is 4.39 Å². The van der Waals surface area contributed by atoms with Crippen LogP contribution in [0.4, 0.5) is 4.39 Å². The molecule has 0 saturated heterocycles. The van der Waals surface area contributed by atoms with Crippen LogP contribution in [0.1, 0.15) is 16.9 Å². The van der Waals surface area contributed by atoms with Crippen molar-refractivity contribution in [1.29, 1.82) is 0 Å². The van der Waals surface area contributed by atoms with Gasteiger partial charge in [-0.05, 0) is 63.5 Å². The van der Waals surface area contributed by atoms with Crippen LogP contribution < -0.4 is 27.2 Å². The summed E-state index contributed by atoms with van der Waals surface area (Å²) in [5, 5.41) is 3.32. The fourth-order valence-corrected chi connectivity index (χ4v) is 3.10. The van der Waals surface area contributed by atoms with Crippen molar-refractivity contribution < 1.29 is 30.7 Å². The van der Waals surface area contributed by atoms with Crippen molar-refractivity contribution in [1.82, 2.24) is 5.32 Å². The highest BCUT2D eigenvalue weighted by Crippen LogP contribution is 2.37. The molecule has 0 radical (unpaired) electrons. The van der Waals surface area contributed by atoms with Crippen molar-refractivity contribution >= 4 is 15.9 Å². The summed E-state index contributed by atoms with van der Waals surface area (Å²) in [4.78, 5) is 0. The normalized spacial score (nSPS) is 10.3. The number of halogens is 3. The molecule has 7 heteroatoms. The van der Waals surface area contributed by atoms with Crippen molar-refractivity contribution in [3.63, 3.8) is 0 Å². The fraction of sp³-hybridized carbons (Fsp3) is 0.200. The largest absolute Gasteiger partial charge is 1.00 e. The zero-order valence-corrected chi connectivity index (χ0v) is 17.0. The molecule has 1 heterocycles. The van der Waals surface area contributed by atoms with Gasteiger partial charge in [-0.1, -0.05) is 12.1 Å². The zero-order chi connectivity index (χ0) is 18.4. The smallest absolute Gasteiger partial charge is 0.175 e. The SMILES string of the molecule is COc1cc(CNCc2ccco2)cc(Br)c1OCc1ccc(F)cc1.[Cl-]. The van der Waals surface area contributed by atoms with Crippen LogP contribution in [0.3, 0.4) is 0 Å². The Kier molecular flexibility index (Phi) is 8.16. The molecule has 1 aromatic heterocycles. The molecule has 4 nitrogen and oxygen atoms in total. The Morgan fingerprint density at radius 3 is 2.52 bits per heavy atom. The maximum Gasteiger partial charge on any atom is 0.175 e. The van der Waals surface area contributed by atoms with E-state index >= 15 is 0 Å². The first-order valence-corrected chi connectivity index (χ1v) is 8.92. The number of rotatable bonds is 8. The number of nitrogens with one attached hydrogen (secondary N) is 1. The minimum Gasteiger partial charge on any atom is -1.00 e. The first kappa shape index (κ1) is 21.3. The average Bonchev–Trinajstić information content (AvgIpc) is 3.15. The van der Waals surface area contributed by atoms with Gasteiger partial charge in [-0.15, -0.1) is 0 Å². The van der Waals surface area contributed by atoms with Crippen LogP contribution in [0.5, 0.6) is 11.5 Å². The Hall–Kier alpha value is -2.02. The molecule has 0 aliphatic carbocycles. The van der Waals surface area contributed by atoms with Crippen molar-refractivity contribution in [2.45, 2.75) is 19.7 Å². The van der Waals surface area contributed by atoms with E-state index in [4.69, 9.17) is 13.9 Å². The summed E-state index contributed by atoms with van der Waals surface area (Å²) in [6.45, 7) is 1.63. The van der Waals surface area contributed by atoms with Gasteiger partial charge in [0.15, 0.2) is 11.5 Å². The Morgan fingerprint density at radius 2 is 1.85 bits per heavy atom. The van der Waals surface area contributed by atoms with Crippen molar-refractivity contribution in [3.8, 4) is 11.5 Å². The second-order valence-corrected chi connectivity index (χ2v) is 6.56. The van der Waals surface area contributed by atoms with Crippen molar-refractivity contribution in [2.24, 2.45) is 0 Å². The van der Waals surface area contributed by atoms with E-state index in [-0.39, 0.29) is 18.2 Å². The van der Waals surface area contributed by atoms with Crippen LogP contribution in [-0.2, 0) is 19.7 Å². The van der Waals surface area contributed by atoms with E-state index in [1.54, 1.807) is 25.5 Å². The zero-order valence-electron chi connectivity index (χ0n) is 14.7. The maximum absolute atomic E-state index is 13.0. The standard InChI is InChI=1S/C20H19BrFNO3.ClH/c1-24-19-10-15(11-23-12-17-3-2-8-25-17)9-18(21)20(19)26-13-14-4-6-16(22)7-5-14;/h2-10,23H,11-13H2,1H3;1H/p-1. The van der Waals surface area contributed by atoms with E-state index in [2.05, 4.69) is 21.2 Å². The Balaban J connectivity index is 0.00000261.